The maximum absolute atomic E-state index is 13.6. The summed E-state index contributed by atoms with van der Waals surface area (Å²) in [5.41, 5.74) is 4.98. The van der Waals surface area contributed by atoms with Gasteiger partial charge in [-0.3, -0.25) is 5.10 Å². The minimum atomic E-state index is -0.562. The first kappa shape index (κ1) is 19.7. The SMILES string of the molecule is CO/N=C(/c1n[nH]c2c1C=CC(c1ccc(F)cc1)(c1ccc(F)cc1)C2)C1CCC1. The number of halogens is 2. The van der Waals surface area contributed by atoms with Crippen molar-refractivity contribution in [2.45, 2.75) is 31.1 Å². The maximum atomic E-state index is 13.6. The second kappa shape index (κ2) is 7.76. The maximum Gasteiger partial charge on any atom is 0.123 e. The van der Waals surface area contributed by atoms with Gasteiger partial charge in [-0.2, -0.15) is 5.10 Å². The highest BCUT2D eigenvalue weighted by atomic mass is 19.1. The smallest absolute Gasteiger partial charge is 0.123 e. The summed E-state index contributed by atoms with van der Waals surface area (Å²) in [4.78, 5) is 5.12. The van der Waals surface area contributed by atoms with Crippen LogP contribution in [0.15, 0.2) is 59.8 Å². The first-order valence-electron chi connectivity index (χ1n) is 10.5. The number of aromatic nitrogens is 2. The van der Waals surface area contributed by atoms with E-state index in [4.69, 9.17) is 4.84 Å². The number of hydrogen-bond acceptors (Lipinski definition) is 3. The molecule has 1 heterocycles. The molecule has 5 rings (SSSR count). The lowest BCUT2D eigenvalue weighted by atomic mass is 9.68. The predicted molar refractivity (Wildman–Crippen MR) is 116 cm³/mol. The average Bonchev–Trinajstić information content (AvgIpc) is 3.16. The van der Waals surface area contributed by atoms with Crippen molar-refractivity contribution in [3.05, 3.63) is 94.3 Å². The summed E-state index contributed by atoms with van der Waals surface area (Å²) in [6.07, 6.45) is 8.11. The van der Waals surface area contributed by atoms with Crippen LogP contribution in [0, 0.1) is 17.6 Å². The van der Waals surface area contributed by atoms with E-state index >= 15 is 0 Å². The number of rotatable bonds is 5. The van der Waals surface area contributed by atoms with Gasteiger partial charge in [-0.1, -0.05) is 48.0 Å². The van der Waals surface area contributed by atoms with Gasteiger partial charge in [0.1, 0.15) is 30.1 Å². The second-order valence-corrected chi connectivity index (χ2v) is 8.25. The van der Waals surface area contributed by atoms with Crippen LogP contribution in [-0.4, -0.2) is 23.0 Å². The van der Waals surface area contributed by atoms with Crippen LogP contribution in [0.25, 0.3) is 6.08 Å². The summed E-state index contributed by atoms with van der Waals surface area (Å²) in [6, 6.07) is 13.0. The van der Waals surface area contributed by atoms with Crippen LogP contribution in [0.1, 0.15) is 47.3 Å². The minimum Gasteiger partial charge on any atom is -0.399 e. The zero-order chi connectivity index (χ0) is 21.4. The summed E-state index contributed by atoms with van der Waals surface area (Å²) in [5.74, 6) is -0.215. The Labute approximate surface area is 179 Å². The molecule has 0 radical (unpaired) electrons. The van der Waals surface area contributed by atoms with E-state index in [0.717, 1.165) is 46.6 Å². The third-order valence-electron chi connectivity index (χ3n) is 6.52. The first-order chi connectivity index (χ1) is 15.1. The van der Waals surface area contributed by atoms with Gasteiger partial charge in [0.2, 0.25) is 0 Å². The zero-order valence-electron chi connectivity index (χ0n) is 17.2. The van der Waals surface area contributed by atoms with E-state index < -0.39 is 5.41 Å². The van der Waals surface area contributed by atoms with Crippen LogP contribution >= 0.6 is 0 Å². The van der Waals surface area contributed by atoms with Crippen LogP contribution in [0.5, 0.6) is 0 Å². The Morgan fingerprint density at radius 2 is 1.65 bits per heavy atom. The van der Waals surface area contributed by atoms with Crippen molar-refractivity contribution in [2.75, 3.05) is 7.11 Å². The number of oxime groups is 1. The predicted octanol–water partition coefficient (Wildman–Crippen LogP) is 5.39. The Kier molecular flexibility index (Phi) is 4.93. The van der Waals surface area contributed by atoms with Crippen LogP contribution in [-0.2, 0) is 16.7 Å². The largest absolute Gasteiger partial charge is 0.399 e. The van der Waals surface area contributed by atoms with Gasteiger partial charge in [-0.05, 0) is 48.2 Å². The van der Waals surface area contributed by atoms with E-state index in [-0.39, 0.29) is 11.6 Å². The van der Waals surface area contributed by atoms with Gasteiger partial charge in [0, 0.05) is 29.0 Å². The number of nitrogens with one attached hydrogen (secondary N) is 1. The Morgan fingerprint density at radius 1 is 1.03 bits per heavy atom. The quantitative estimate of drug-likeness (QED) is 0.445. The minimum absolute atomic E-state index is 0.289. The Balaban J connectivity index is 1.61. The fraction of sp³-hybridized carbons (Fsp3) is 0.280. The van der Waals surface area contributed by atoms with E-state index in [2.05, 4.69) is 21.4 Å². The number of hydrogen-bond donors (Lipinski definition) is 1. The number of benzene rings is 2. The molecule has 31 heavy (non-hydrogen) atoms. The van der Waals surface area contributed by atoms with Gasteiger partial charge in [0.05, 0.1) is 0 Å². The monoisotopic (exact) mass is 419 g/mol. The molecule has 158 valence electrons. The van der Waals surface area contributed by atoms with Crippen molar-refractivity contribution in [1.82, 2.24) is 10.2 Å². The Bertz CT molecular complexity index is 1100. The van der Waals surface area contributed by atoms with E-state index in [1.54, 1.807) is 31.4 Å². The second-order valence-electron chi connectivity index (χ2n) is 8.25. The standard InChI is InChI=1S/C25H23F2N3O/c1-31-30-23(16-3-2-4-16)24-21-13-14-25(15-22(21)28-29-24,17-5-9-19(26)10-6-17)18-7-11-20(27)12-8-18/h5-14,16H,2-4,15H2,1H3,(H,28,29)/b30-23+. The van der Waals surface area contributed by atoms with E-state index in [1.165, 1.54) is 30.7 Å². The Hall–Kier alpha value is -3.28. The fourth-order valence-corrected chi connectivity index (χ4v) is 4.61. The van der Waals surface area contributed by atoms with Crippen molar-refractivity contribution < 1.29 is 13.6 Å². The molecule has 0 unspecified atom stereocenters. The summed E-state index contributed by atoms with van der Waals surface area (Å²) in [5, 5.41) is 12.1. The van der Waals surface area contributed by atoms with Gasteiger partial charge < -0.3 is 4.84 Å². The highest BCUT2D eigenvalue weighted by Gasteiger charge is 2.38. The topological polar surface area (TPSA) is 50.3 Å². The van der Waals surface area contributed by atoms with E-state index in [0.29, 0.717) is 12.3 Å². The van der Waals surface area contributed by atoms with E-state index in [9.17, 15) is 8.78 Å². The van der Waals surface area contributed by atoms with Crippen LogP contribution in [0.3, 0.4) is 0 Å². The average molecular weight is 419 g/mol. The zero-order valence-corrected chi connectivity index (χ0v) is 17.2. The highest BCUT2D eigenvalue weighted by Crippen LogP contribution is 2.42. The van der Waals surface area contributed by atoms with Gasteiger partial charge in [-0.25, -0.2) is 8.78 Å². The molecule has 0 saturated heterocycles. The molecule has 4 nitrogen and oxygen atoms in total. The van der Waals surface area contributed by atoms with Crippen LogP contribution in [0.4, 0.5) is 8.78 Å². The van der Waals surface area contributed by atoms with Crippen molar-refractivity contribution in [1.29, 1.82) is 0 Å². The fourth-order valence-electron chi connectivity index (χ4n) is 4.61. The van der Waals surface area contributed by atoms with Gasteiger partial charge in [-0.15, -0.1) is 0 Å². The third kappa shape index (κ3) is 3.36. The molecule has 1 aromatic heterocycles. The summed E-state index contributed by atoms with van der Waals surface area (Å²) in [7, 11) is 1.56. The third-order valence-corrected chi connectivity index (χ3v) is 6.52. The Morgan fingerprint density at radius 3 is 2.16 bits per heavy atom. The lowest BCUT2D eigenvalue weighted by molar-refractivity contribution is 0.208. The number of fused-ring (bicyclic) bond motifs is 1. The molecule has 0 spiro atoms. The number of H-pyrrole nitrogens is 1. The summed E-state index contributed by atoms with van der Waals surface area (Å²) < 4.78 is 27.3. The molecule has 1 saturated carbocycles. The molecule has 6 heteroatoms. The van der Waals surface area contributed by atoms with Crippen molar-refractivity contribution >= 4 is 11.8 Å². The first-order valence-corrected chi connectivity index (χ1v) is 10.5. The summed E-state index contributed by atoms with van der Waals surface area (Å²) in [6.45, 7) is 0. The van der Waals surface area contributed by atoms with Crippen molar-refractivity contribution in [2.24, 2.45) is 11.1 Å². The molecule has 1 N–H and O–H groups in total. The van der Waals surface area contributed by atoms with Gasteiger partial charge in [0.15, 0.2) is 0 Å². The van der Waals surface area contributed by atoms with Crippen LogP contribution in [0.2, 0.25) is 0 Å². The molecular formula is C25H23F2N3O. The molecule has 2 aromatic carbocycles. The molecule has 3 aromatic rings. The molecule has 0 bridgehead atoms. The van der Waals surface area contributed by atoms with Gasteiger partial charge in [0.25, 0.3) is 0 Å². The number of nitrogens with zero attached hydrogens (tertiary/aromatic N) is 2. The highest BCUT2D eigenvalue weighted by molar-refractivity contribution is 6.04. The van der Waals surface area contributed by atoms with Crippen molar-refractivity contribution in [3.8, 4) is 0 Å². The van der Waals surface area contributed by atoms with Crippen molar-refractivity contribution in [3.63, 3.8) is 0 Å². The molecular weight excluding hydrogens is 396 g/mol. The lowest BCUT2D eigenvalue weighted by Crippen LogP contribution is -2.31. The molecule has 0 aliphatic heterocycles. The lowest BCUT2D eigenvalue weighted by Gasteiger charge is -2.34. The van der Waals surface area contributed by atoms with Gasteiger partial charge >= 0.3 is 0 Å². The number of aromatic amines is 1. The van der Waals surface area contributed by atoms with Crippen LogP contribution < -0.4 is 0 Å². The molecule has 0 amide bonds. The summed E-state index contributed by atoms with van der Waals surface area (Å²) >= 11 is 0. The normalized spacial score (nSPS) is 17.8. The molecule has 0 atom stereocenters. The molecule has 1 fully saturated rings. The number of allylic oxidation sites excluding steroid dienone is 1. The molecule has 2 aliphatic carbocycles. The molecule has 2 aliphatic rings. The van der Waals surface area contributed by atoms with E-state index in [1.807, 2.05) is 6.08 Å².